The van der Waals surface area contributed by atoms with E-state index in [4.69, 9.17) is 5.11 Å². The zero-order valence-electron chi connectivity index (χ0n) is 11.2. The maximum absolute atomic E-state index is 12.2. The molecule has 0 saturated carbocycles. The van der Waals surface area contributed by atoms with Crippen molar-refractivity contribution in [2.45, 2.75) is 18.6 Å². The normalized spacial score (nSPS) is 15.8. The van der Waals surface area contributed by atoms with Gasteiger partial charge >= 0.3 is 5.97 Å². The summed E-state index contributed by atoms with van der Waals surface area (Å²) in [6, 6.07) is 4.56. The summed E-state index contributed by atoms with van der Waals surface area (Å²) in [6.45, 7) is 1.72. The van der Waals surface area contributed by atoms with Crippen molar-refractivity contribution in [2.75, 3.05) is 17.7 Å². The molecule has 6 nitrogen and oxygen atoms in total. The summed E-state index contributed by atoms with van der Waals surface area (Å²) in [5.74, 6) is -1.60. The number of carbonyl (C=O) groups excluding carboxylic acids is 1. The standard InChI is InChI=1S/C13H15NO5S/c1-8(20(2,18)19)12(15)14-6-5-9-3-4-10(13(16)17)7-11(9)14/h3-4,7-8H,5-6H2,1-2H3,(H,16,17). The molecule has 1 amide bonds. The lowest BCUT2D eigenvalue weighted by Crippen LogP contribution is -2.40. The molecule has 0 bridgehead atoms. The van der Waals surface area contributed by atoms with E-state index in [1.165, 1.54) is 24.0 Å². The van der Waals surface area contributed by atoms with Crippen LogP contribution >= 0.6 is 0 Å². The molecule has 20 heavy (non-hydrogen) atoms. The number of hydrogen-bond donors (Lipinski definition) is 1. The molecule has 1 atom stereocenters. The van der Waals surface area contributed by atoms with Crippen LogP contribution < -0.4 is 4.90 Å². The number of carboxylic acid groups (broad SMARTS) is 1. The van der Waals surface area contributed by atoms with Crippen LogP contribution in [0.5, 0.6) is 0 Å². The molecule has 7 heteroatoms. The number of nitrogens with zero attached hydrogens (tertiary/aromatic N) is 1. The highest BCUT2D eigenvalue weighted by atomic mass is 32.2. The summed E-state index contributed by atoms with van der Waals surface area (Å²) in [5, 5.41) is 7.84. The predicted octanol–water partition coefficient (Wildman–Crippen LogP) is 0.707. The van der Waals surface area contributed by atoms with Crippen LogP contribution in [0.3, 0.4) is 0 Å². The van der Waals surface area contributed by atoms with E-state index in [1.54, 1.807) is 6.07 Å². The van der Waals surface area contributed by atoms with E-state index in [1.807, 2.05) is 0 Å². The lowest BCUT2D eigenvalue weighted by Gasteiger charge is -2.21. The highest BCUT2D eigenvalue weighted by Crippen LogP contribution is 2.30. The van der Waals surface area contributed by atoms with Crippen LogP contribution in [-0.4, -0.2) is 43.5 Å². The second kappa shape index (κ2) is 4.90. The average molecular weight is 297 g/mol. The number of amides is 1. The molecule has 0 radical (unpaired) electrons. The first kappa shape index (κ1) is 14.5. The molecule has 1 aliphatic rings. The highest BCUT2D eigenvalue weighted by molar-refractivity contribution is 7.92. The number of sulfone groups is 1. The molecule has 1 aromatic rings. The van der Waals surface area contributed by atoms with Crippen LogP contribution in [0.4, 0.5) is 5.69 Å². The van der Waals surface area contributed by atoms with Gasteiger partial charge in [0.2, 0.25) is 5.91 Å². The van der Waals surface area contributed by atoms with E-state index < -0.39 is 27.0 Å². The Morgan fingerprint density at radius 2 is 2.00 bits per heavy atom. The Balaban J connectivity index is 2.38. The van der Waals surface area contributed by atoms with Gasteiger partial charge in [0.25, 0.3) is 0 Å². The number of aromatic carboxylic acids is 1. The van der Waals surface area contributed by atoms with Gasteiger partial charge in [-0.2, -0.15) is 0 Å². The minimum atomic E-state index is -3.48. The third-order valence-electron chi connectivity index (χ3n) is 3.48. The van der Waals surface area contributed by atoms with Gasteiger partial charge in [0.05, 0.1) is 5.56 Å². The third-order valence-corrected chi connectivity index (χ3v) is 4.97. The van der Waals surface area contributed by atoms with Crippen molar-refractivity contribution in [1.82, 2.24) is 0 Å². The zero-order valence-corrected chi connectivity index (χ0v) is 12.0. The molecule has 1 unspecified atom stereocenters. The Morgan fingerprint density at radius 1 is 1.35 bits per heavy atom. The number of carboxylic acids is 1. The van der Waals surface area contributed by atoms with Gasteiger partial charge in [-0.3, -0.25) is 4.79 Å². The van der Waals surface area contributed by atoms with Crippen LogP contribution in [0, 0.1) is 0 Å². The average Bonchev–Trinajstić information content (AvgIpc) is 2.78. The number of hydrogen-bond acceptors (Lipinski definition) is 4. The molecule has 0 fully saturated rings. The van der Waals surface area contributed by atoms with Crippen LogP contribution in [0.2, 0.25) is 0 Å². The fraction of sp³-hybridized carbons (Fsp3) is 0.385. The van der Waals surface area contributed by atoms with Crippen molar-refractivity contribution < 1.29 is 23.1 Å². The maximum Gasteiger partial charge on any atom is 0.335 e. The quantitative estimate of drug-likeness (QED) is 0.887. The van der Waals surface area contributed by atoms with Crippen molar-refractivity contribution in [3.05, 3.63) is 29.3 Å². The fourth-order valence-corrected chi connectivity index (χ4v) is 2.64. The summed E-state index contributed by atoms with van der Waals surface area (Å²) in [4.78, 5) is 24.6. The first-order valence-electron chi connectivity index (χ1n) is 6.08. The molecule has 2 rings (SSSR count). The lowest BCUT2D eigenvalue weighted by molar-refractivity contribution is -0.117. The lowest BCUT2D eigenvalue weighted by atomic mass is 10.1. The Morgan fingerprint density at radius 3 is 2.55 bits per heavy atom. The van der Waals surface area contributed by atoms with Crippen LogP contribution in [0.1, 0.15) is 22.8 Å². The van der Waals surface area contributed by atoms with Gasteiger partial charge < -0.3 is 10.0 Å². The van der Waals surface area contributed by atoms with Crippen molar-refractivity contribution >= 4 is 27.4 Å². The summed E-state index contributed by atoms with van der Waals surface area (Å²) in [5.41, 5.74) is 1.42. The first-order valence-corrected chi connectivity index (χ1v) is 8.03. The van der Waals surface area contributed by atoms with Crippen molar-refractivity contribution in [3.63, 3.8) is 0 Å². The van der Waals surface area contributed by atoms with Crippen molar-refractivity contribution in [3.8, 4) is 0 Å². The monoisotopic (exact) mass is 297 g/mol. The minimum Gasteiger partial charge on any atom is -0.478 e. The molecule has 0 saturated heterocycles. The summed E-state index contributed by atoms with van der Waals surface area (Å²) in [6.07, 6.45) is 1.61. The molecule has 0 aliphatic carbocycles. The Labute approximate surface area is 116 Å². The fourth-order valence-electron chi connectivity index (χ4n) is 2.14. The third kappa shape index (κ3) is 2.53. The largest absolute Gasteiger partial charge is 0.478 e. The molecule has 1 N–H and O–H groups in total. The smallest absolute Gasteiger partial charge is 0.335 e. The summed E-state index contributed by atoms with van der Waals surface area (Å²) >= 11 is 0. The highest BCUT2D eigenvalue weighted by Gasteiger charge is 2.33. The SMILES string of the molecule is CC(C(=O)N1CCc2ccc(C(=O)O)cc21)S(C)(=O)=O. The maximum atomic E-state index is 12.2. The van der Waals surface area contributed by atoms with E-state index in [2.05, 4.69) is 0 Å². The van der Waals surface area contributed by atoms with E-state index in [9.17, 15) is 18.0 Å². The van der Waals surface area contributed by atoms with E-state index in [0.717, 1.165) is 11.8 Å². The van der Waals surface area contributed by atoms with Crippen LogP contribution in [-0.2, 0) is 21.1 Å². The van der Waals surface area contributed by atoms with E-state index >= 15 is 0 Å². The second-order valence-corrected chi connectivity index (χ2v) is 7.23. The Bertz CT molecular complexity index is 680. The first-order chi connectivity index (χ1) is 9.21. The van der Waals surface area contributed by atoms with E-state index in [-0.39, 0.29) is 5.56 Å². The Kier molecular flexibility index (Phi) is 3.56. The Hall–Kier alpha value is -1.89. The zero-order chi connectivity index (χ0) is 15.1. The molecule has 0 spiro atoms. The minimum absolute atomic E-state index is 0.0791. The van der Waals surface area contributed by atoms with Gasteiger partial charge in [0.1, 0.15) is 5.25 Å². The van der Waals surface area contributed by atoms with Crippen LogP contribution in [0.15, 0.2) is 18.2 Å². The molecule has 1 aromatic carbocycles. The molecule has 108 valence electrons. The number of carbonyl (C=O) groups is 2. The summed E-state index contributed by atoms with van der Waals surface area (Å²) in [7, 11) is -3.48. The van der Waals surface area contributed by atoms with Gasteiger partial charge in [-0.15, -0.1) is 0 Å². The molecule has 1 aliphatic heterocycles. The second-order valence-electron chi connectivity index (χ2n) is 4.86. The summed E-state index contributed by atoms with van der Waals surface area (Å²) < 4.78 is 22.9. The van der Waals surface area contributed by atoms with Crippen molar-refractivity contribution in [1.29, 1.82) is 0 Å². The number of benzene rings is 1. The van der Waals surface area contributed by atoms with Gasteiger partial charge in [-0.1, -0.05) is 6.07 Å². The van der Waals surface area contributed by atoms with Crippen LogP contribution in [0.25, 0.3) is 0 Å². The molecule has 1 heterocycles. The molecular formula is C13H15NO5S. The van der Waals surface area contributed by atoms with Gasteiger partial charge in [-0.25, -0.2) is 13.2 Å². The van der Waals surface area contributed by atoms with Gasteiger partial charge in [-0.05, 0) is 31.0 Å². The number of anilines is 1. The molecular weight excluding hydrogens is 282 g/mol. The number of rotatable bonds is 3. The number of fused-ring (bicyclic) bond motifs is 1. The van der Waals surface area contributed by atoms with Gasteiger partial charge in [0.15, 0.2) is 9.84 Å². The topological polar surface area (TPSA) is 91.8 Å². The predicted molar refractivity (Wildman–Crippen MR) is 73.8 cm³/mol. The van der Waals surface area contributed by atoms with E-state index in [0.29, 0.717) is 18.7 Å². The van der Waals surface area contributed by atoms with Gasteiger partial charge in [0, 0.05) is 18.5 Å². The van der Waals surface area contributed by atoms with Crippen molar-refractivity contribution in [2.24, 2.45) is 0 Å². The molecule has 0 aromatic heterocycles.